The van der Waals surface area contributed by atoms with E-state index in [0.717, 1.165) is 12.8 Å². The Bertz CT molecular complexity index is 621. The number of nitro groups is 1. The van der Waals surface area contributed by atoms with E-state index in [1.807, 2.05) is 0 Å². The molecule has 0 saturated heterocycles. The highest BCUT2D eigenvalue weighted by atomic mass is 16.6. The van der Waals surface area contributed by atoms with E-state index in [0.29, 0.717) is 17.3 Å². The summed E-state index contributed by atoms with van der Waals surface area (Å²) in [4.78, 5) is 14.7. The third-order valence-corrected chi connectivity index (χ3v) is 3.20. The van der Waals surface area contributed by atoms with E-state index in [-0.39, 0.29) is 17.6 Å². The zero-order valence-corrected chi connectivity index (χ0v) is 10.0. The Balaban J connectivity index is 1.96. The highest BCUT2D eigenvalue weighted by Gasteiger charge is 2.33. The average molecular weight is 260 g/mol. The monoisotopic (exact) mass is 260 g/mol. The van der Waals surface area contributed by atoms with Crippen LogP contribution in [0.1, 0.15) is 24.7 Å². The summed E-state index contributed by atoms with van der Waals surface area (Å²) in [6, 6.07) is 6.01. The van der Waals surface area contributed by atoms with Crippen LogP contribution in [-0.2, 0) is 0 Å². The van der Waals surface area contributed by atoms with Crippen LogP contribution in [-0.4, -0.2) is 15.1 Å². The second-order valence-electron chi connectivity index (χ2n) is 4.60. The lowest BCUT2D eigenvalue weighted by molar-refractivity contribution is -0.384. The van der Waals surface area contributed by atoms with Gasteiger partial charge in [-0.25, -0.2) is 0 Å². The average Bonchev–Trinajstić information content (AvgIpc) is 3.15. The van der Waals surface area contributed by atoms with Gasteiger partial charge < -0.3 is 10.3 Å². The van der Waals surface area contributed by atoms with E-state index in [4.69, 9.17) is 10.3 Å². The summed E-state index contributed by atoms with van der Waals surface area (Å²) < 4.78 is 5.10. The molecule has 7 heteroatoms. The summed E-state index contributed by atoms with van der Waals surface area (Å²) in [5, 5.41) is 14.8. The second kappa shape index (κ2) is 4.43. The van der Waals surface area contributed by atoms with Crippen LogP contribution >= 0.6 is 0 Å². The molecule has 1 atom stereocenters. The fraction of sp³-hybridized carbons (Fsp3) is 0.333. The molecule has 1 aromatic carbocycles. The van der Waals surface area contributed by atoms with Crippen molar-refractivity contribution in [2.24, 2.45) is 11.7 Å². The van der Waals surface area contributed by atoms with Crippen LogP contribution in [0.2, 0.25) is 0 Å². The van der Waals surface area contributed by atoms with Gasteiger partial charge in [0.15, 0.2) is 5.82 Å². The molecule has 98 valence electrons. The molecule has 19 heavy (non-hydrogen) atoms. The van der Waals surface area contributed by atoms with Crippen LogP contribution in [0.25, 0.3) is 11.5 Å². The number of nitro benzene ring substituents is 1. The van der Waals surface area contributed by atoms with Crippen molar-refractivity contribution in [3.63, 3.8) is 0 Å². The molecule has 1 aromatic heterocycles. The van der Waals surface area contributed by atoms with Gasteiger partial charge in [0.25, 0.3) is 11.6 Å². The van der Waals surface area contributed by atoms with Crippen molar-refractivity contribution < 1.29 is 9.45 Å². The molecule has 1 fully saturated rings. The van der Waals surface area contributed by atoms with Crippen LogP contribution in [0.4, 0.5) is 5.69 Å². The van der Waals surface area contributed by atoms with Crippen molar-refractivity contribution in [3.05, 3.63) is 40.2 Å². The standard InChI is InChI=1S/C12H12N4O3/c13-10(7-5-6-7)11-14-12(19-15-11)8-3-1-2-4-9(8)16(17)18/h1-4,7,10H,5-6,13H2. The number of hydrogen-bond acceptors (Lipinski definition) is 6. The van der Waals surface area contributed by atoms with Crippen LogP contribution < -0.4 is 5.73 Å². The summed E-state index contributed by atoms with van der Waals surface area (Å²) in [6.45, 7) is 0. The van der Waals surface area contributed by atoms with Crippen LogP contribution in [0.3, 0.4) is 0 Å². The second-order valence-corrected chi connectivity index (χ2v) is 4.60. The number of nitrogens with two attached hydrogens (primary N) is 1. The van der Waals surface area contributed by atoms with Gasteiger partial charge in [0.05, 0.1) is 11.0 Å². The van der Waals surface area contributed by atoms with Crippen molar-refractivity contribution in [3.8, 4) is 11.5 Å². The molecule has 0 spiro atoms. The van der Waals surface area contributed by atoms with Gasteiger partial charge >= 0.3 is 0 Å². The smallest absolute Gasteiger partial charge is 0.282 e. The van der Waals surface area contributed by atoms with Gasteiger partial charge in [-0.2, -0.15) is 4.98 Å². The number of hydrogen-bond donors (Lipinski definition) is 1. The van der Waals surface area contributed by atoms with Gasteiger partial charge in [-0.3, -0.25) is 10.1 Å². The van der Waals surface area contributed by atoms with E-state index in [9.17, 15) is 10.1 Å². The Morgan fingerprint density at radius 3 is 2.84 bits per heavy atom. The molecule has 0 radical (unpaired) electrons. The molecule has 3 rings (SSSR count). The molecular formula is C12H12N4O3. The largest absolute Gasteiger partial charge is 0.334 e. The summed E-state index contributed by atoms with van der Waals surface area (Å²) in [7, 11) is 0. The van der Waals surface area contributed by atoms with Crippen molar-refractivity contribution in [2.75, 3.05) is 0 Å². The first-order valence-electron chi connectivity index (χ1n) is 6.00. The summed E-state index contributed by atoms with van der Waals surface area (Å²) in [6.07, 6.45) is 2.13. The number of aromatic nitrogens is 2. The van der Waals surface area contributed by atoms with Crippen molar-refractivity contribution in [1.82, 2.24) is 10.1 Å². The summed E-state index contributed by atoms with van der Waals surface area (Å²) >= 11 is 0. The Morgan fingerprint density at radius 1 is 1.42 bits per heavy atom. The first-order valence-corrected chi connectivity index (χ1v) is 6.00. The van der Waals surface area contributed by atoms with E-state index in [1.165, 1.54) is 6.07 Å². The minimum absolute atomic E-state index is 0.0577. The van der Waals surface area contributed by atoms with E-state index < -0.39 is 4.92 Å². The fourth-order valence-corrected chi connectivity index (χ4v) is 1.96. The third-order valence-electron chi connectivity index (χ3n) is 3.20. The Kier molecular flexibility index (Phi) is 2.75. The van der Waals surface area contributed by atoms with E-state index >= 15 is 0 Å². The molecule has 1 heterocycles. The maximum Gasteiger partial charge on any atom is 0.282 e. The molecule has 1 aliphatic carbocycles. The number of rotatable bonds is 4. The zero-order chi connectivity index (χ0) is 13.4. The summed E-state index contributed by atoms with van der Waals surface area (Å²) in [5.41, 5.74) is 6.23. The first-order chi connectivity index (χ1) is 9.16. The lowest BCUT2D eigenvalue weighted by atomic mass is 10.1. The number of benzene rings is 1. The first kappa shape index (κ1) is 11.8. The molecule has 2 aromatic rings. The molecule has 0 bridgehead atoms. The maximum atomic E-state index is 10.9. The minimum atomic E-state index is -0.472. The molecule has 1 unspecified atom stereocenters. The van der Waals surface area contributed by atoms with Gasteiger partial charge in [-0.1, -0.05) is 17.3 Å². The molecule has 1 aliphatic rings. The van der Waals surface area contributed by atoms with Crippen molar-refractivity contribution in [1.29, 1.82) is 0 Å². The molecule has 0 amide bonds. The lowest BCUT2D eigenvalue weighted by Crippen LogP contribution is -2.13. The van der Waals surface area contributed by atoms with Gasteiger partial charge in [0, 0.05) is 6.07 Å². The molecule has 1 saturated carbocycles. The maximum absolute atomic E-state index is 10.9. The molecule has 0 aliphatic heterocycles. The number of para-hydroxylation sites is 1. The SMILES string of the molecule is NC(c1noc(-c2ccccc2[N+](=O)[O-])n1)C1CC1. The van der Waals surface area contributed by atoms with Gasteiger partial charge in [-0.05, 0) is 24.8 Å². The van der Waals surface area contributed by atoms with Crippen LogP contribution in [0.15, 0.2) is 28.8 Å². The Morgan fingerprint density at radius 2 is 2.16 bits per heavy atom. The molecular weight excluding hydrogens is 248 g/mol. The third kappa shape index (κ3) is 2.19. The van der Waals surface area contributed by atoms with Crippen LogP contribution in [0.5, 0.6) is 0 Å². The number of nitrogens with zero attached hydrogens (tertiary/aromatic N) is 3. The normalized spacial score (nSPS) is 16.3. The molecule has 2 N–H and O–H groups in total. The topological polar surface area (TPSA) is 108 Å². The lowest BCUT2D eigenvalue weighted by Gasteiger charge is -2.01. The predicted molar refractivity (Wildman–Crippen MR) is 66.0 cm³/mol. The highest BCUT2D eigenvalue weighted by Crippen LogP contribution is 2.39. The fourth-order valence-electron chi connectivity index (χ4n) is 1.96. The Labute approximate surface area is 108 Å². The minimum Gasteiger partial charge on any atom is -0.334 e. The van der Waals surface area contributed by atoms with E-state index in [2.05, 4.69) is 10.1 Å². The Hall–Kier alpha value is -2.28. The van der Waals surface area contributed by atoms with Crippen LogP contribution in [0, 0.1) is 16.0 Å². The summed E-state index contributed by atoms with van der Waals surface area (Å²) in [5.74, 6) is 0.949. The quantitative estimate of drug-likeness (QED) is 0.665. The predicted octanol–water partition coefficient (Wildman–Crippen LogP) is 2.05. The molecule has 7 nitrogen and oxygen atoms in total. The van der Waals surface area contributed by atoms with E-state index in [1.54, 1.807) is 18.2 Å². The van der Waals surface area contributed by atoms with Gasteiger partial charge in [-0.15, -0.1) is 0 Å². The zero-order valence-electron chi connectivity index (χ0n) is 10.0. The highest BCUT2D eigenvalue weighted by molar-refractivity contribution is 5.66. The van der Waals surface area contributed by atoms with Gasteiger partial charge in [0.1, 0.15) is 5.56 Å². The van der Waals surface area contributed by atoms with Crippen molar-refractivity contribution >= 4 is 5.69 Å². The van der Waals surface area contributed by atoms with Crippen molar-refractivity contribution in [2.45, 2.75) is 18.9 Å². The van der Waals surface area contributed by atoms with Gasteiger partial charge in [0.2, 0.25) is 0 Å².